The van der Waals surface area contributed by atoms with E-state index in [-0.39, 0.29) is 0 Å². The molecule has 1 atom stereocenters. The molecule has 0 aliphatic heterocycles. The molecule has 1 aromatic rings. The summed E-state index contributed by atoms with van der Waals surface area (Å²) in [5.41, 5.74) is 7.29. The Kier molecular flexibility index (Phi) is 4.05. The summed E-state index contributed by atoms with van der Waals surface area (Å²) >= 11 is 1.73. The minimum absolute atomic E-state index is 0.501. The first kappa shape index (κ1) is 11.9. The standard InChI is InChI=1S/C12H16N2S/c1-8(2)9(3)15-12-6-10(7-13)4-5-11(12)14/h4-6,8-9H,14H2,1-3H3. The summed E-state index contributed by atoms with van der Waals surface area (Å²) in [7, 11) is 0. The van der Waals surface area contributed by atoms with Crippen LogP contribution in [-0.2, 0) is 0 Å². The van der Waals surface area contributed by atoms with Crippen molar-refractivity contribution < 1.29 is 0 Å². The minimum atomic E-state index is 0.501. The van der Waals surface area contributed by atoms with Crippen LogP contribution in [0.5, 0.6) is 0 Å². The maximum absolute atomic E-state index is 8.80. The van der Waals surface area contributed by atoms with E-state index >= 15 is 0 Å². The number of nitriles is 1. The van der Waals surface area contributed by atoms with Crippen molar-refractivity contribution in [2.45, 2.75) is 30.9 Å². The molecule has 0 fully saturated rings. The summed E-state index contributed by atoms with van der Waals surface area (Å²) in [5.74, 6) is 0.597. The van der Waals surface area contributed by atoms with Crippen molar-refractivity contribution in [2.75, 3.05) is 5.73 Å². The summed E-state index contributed by atoms with van der Waals surface area (Å²) in [6.07, 6.45) is 0. The first-order chi connectivity index (χ1) is 7.04. The Bertz CT molecular complexity index is 380. The SMILES string of the molecule is CC(C)C(C)Sc1cc(C#N)ccc1N. The molecule has 1 unspecified atom stereocenters. The van der Waals surface area contributed by atoms with E-state index < -0.39 is 0 Å². The number of nitrogens with zero attached hydrogens (tertiary/aromatic N) is 1. The summed E-state index contributed by atoms with van der Waals surface area (Å²) in [6.45, 7) is 6.54. The molecule has 0 saturated carbocycles. The third-order valence-corrected chi connectivity index (χ3v) is 3.92. The molecule has 0 heterocycles. The van der Waals surface area contributed by atoms with E-state index in [0.717, 1.165) is 10.6 Å². The van der Waals surface area contributed by atoms with Gasteiger partial charge in [0.1, 0.15) is 0 Å². The zero-order valence-electron chi connectivity index (χ0n) is 9.32. The van der Waals surface area contributed by atoms with Crippen LogP contribution in [0.2, 0.25) is 0 Å². The number of thioether (sulfide) groups is 1. The minimum Gasteiger partial charge on any atom is -0.398 e. The van der Waals surface area contributed by atoms with Gasteiger partial charge < -0.3 is 5.73 Å². The summed E-state index contributed by atoms with van der Waals surface area (Å²) in [6, 6.07) is 7.54. The van der Waals surface area contributed by atoms with E-state index in [4.69, 9.17) is 11.0 Å². The van der Waals surface area contributed by atoms with Gasteiger partial charge in [-0.05, 0) is 24.1 Å². The van der Waals surface area contributed by atoms with Crippen LogP contribution in [0, 0.1) is 17.2 Å². The van der Waals surface area contributed by atoms with Gasteiger partial charge in [-0.1, -0.05) is 20.8 Å². The smallest absolute Gasteiger partial charge is 0.0992 e. The van der Waals surface area contributed by atoms with Crippen molar-refractivity contribution in [3.63, 3.8) is 0 Å². The third kappa shape index (κ3) is 3.17. The Morgan fingerprint density at radius 1 is 1.33 bits per heavy atom. The van der Waals surface area contributed by atoms with Crippen LogP contribution in [0.15, 0.2) is 23.1 Å². The maximum Gasteiger partial charge on any atom is 0.0992 e. The highest BCUT2D eigenvalue weighted by atomic mass is 32.2. The number of benzene rings is 1. The Hall–Kier alpha value is -1.14. The molecule has 0 aromatic heterocycles. The van der Waals surface area contributed by atoms with E-state index in [1.54, 1.807) is 23.9 Å². The Labute approximate surface area is 95.5 Å². The zero-order chi connectivity index (χ0) is 11.4. The average Bonchev–Trinajstić information content (AvgIpc) is 2.21. The summed E-state index contributed by atoms with van der Waals surface area (Å²) < 4.78 is 0. The molecule has 0 saturated heterocycles. The molecule has 0 aliphatic rings. The van der Waals surface area contributed by atoms with Crippen LogP contribution in [-0.4, -0.2) is 5.25 Å². The Morgan fingerprint density at radius 2 is 2.00 bits per heavy atom. The molecule has 2 nitrogen and oxygen atoms in total. The van der Waals surface area contributed by atoms with Gasteiger partial charge in [0.25, 0.3) is 0 Å². The highest BCUT2D eigenvalue weighted by Crippen LogP contribution is 2.32. The van der Waals surface area contributed by atoms with Gasteiger partial charge >= 0.3 is 0 Å². The average molecular weight is 220 g/mol. The fourth-order valence-electron chi connectivity index (χ4n) is 1.04. The lowest BCUT2D eigenvalue weighted by Gasteiger charge is -2.16. The van der Waals surface area contributed by atoms with Gasteiger partial charge in [-0.2, -0.15) is 5.26 Å². The summed E-state index contributed by atoms with van der Waals surface area (Å²) in [4.78, 5) is 1.01. The monoisotopic (exact) mass is 220 g/mol. The first-order valence-corrected chi connectivity index (χ1v) is 5.89. The van der Waals surface area contributed by atoms with Crippen molar-refractivity contribution in [3.8, 4) is 6.07 Å². The molecule has 0 amide bonds. The largest absolute Gasteiger partial charge is 0.398 e. The normalized spacial score (nSPS) is 12.5. The van der Waals surface area contributed by atoms with Gasteiger partial charge in [-0.15, -0.1) is 11.8 Å². The predicted octanol–water partition coefficient (Wildman–Crippen LogP) is 3.28. The first-order valence-electron chi connectivity index (χ1n) is 5.01. The molecule has 2 N–H and O–H groups in total. The lowest BCUT2D eigenvalue weighted by molar-refractivity contribution is 0.642. The second-order valence-corrected chi connectivity index (χ2v) is 5.35. The predicted molar refractivity (Wildman–Crippen MR) is 65.7 cm³/mol. The van der Waals surface area contributed by atoms with E-state index in [2.05, 4.69) is 26.8 Å². The lowest BCUT2D eigenvalue weighted by atomic mass is 10.2. The molecule has 0 bridgehead atoms. The van der Waals surface area contributed by atoms with Gasteiger partial charge in [-0.25, -0.2) is 0 Å². The molecule has 15 heavy (non-hydrogen) atoms. The quantitative estimate of drug-likeness (QED) is 0.628. The number of anilines is 1. The zero-order valence-corrected chi connectivity index (χ0v) is 10.1. The molecule has 1 rings (SSSR count). The highest BCUT2D eigenvalue weighted by Gasteiger charge is 2.11. The van der Waals surface area contributed by atoms with Crippen molar-refractivity contribution in [3.05, 3.63) is 23.8 Å². The second kappa shape index (κ2) is 5.09. The van der Waals surface area contributed by atoms with Crippen molar-refractivity contribution in [1.29, 1.82) is 5.26 Å². The van der Waals surface area contributed by atoms with Crippen LogP contribution < -0.4 is 5.73 Å². The van der Waals surface area contributed by atoms with Crippen LogP contribution in [0.1, 0.15) is 26.3 Å². The highest BCUT2D eigenvalue weighted by molar-refractivity contribution is 8.00. The van der Waals surface area contributed by atoms with Gasteiger partial charge in [0.15, 0.2) is 0 Å². The van der Waals surface area contributed by atoms with Crippen molar-refractivity contribution >= 4 is 17.4 Å². The van der Waals surface area contributed by atoms with E-state index in [1.165, 1.54) is 0 Å². The van der Waals surface area contributed by atoms with E-state index in [0.29, 0.717) is 16.7 Å². The second-order valence-electron chi connectivity index (χ2n) is 3.93. The number of hydrogen-bond donors (Lipinski definition) is 1. The lowest BCUT2D eigenvalue weighted by Crippen LogP contribution is -2.06. The molecule has 0 spiro atoms. The number of hydrogen-bond acceptors (Lipinski definition) is 3. The van der Waals surface area contributed by atoms with E-state index in [9.17, 15) is 0 Å². The fraction of sp³-hybridized carbons (Fsp3) is 0.417. The van der Waals surface area contributed by atoms with Crippen LogP contribution in [0.3, 0.4) is 0 Å². The van der Waals surface area contributed by atoms with Crippen LogP contribution in [0.25, 0.3) is 0 Å². The molecule has 0 radical (unpaired) electrons. The van der Waals surface area contributed by atoms with Crippen molar-refractivity contribution in [1.82, 2.24) is 0 Å². The number of nitrogens with two attached hydrogens (primary N) is 1. The third-order valence-electron chi connectivity index (χ3n) is 2.39. The molecule has 3 heteroatoms. The molecule has 80 valence electrons. The molecular formula is C12H16N2S. The van der Waals surface area contributed by atoms with Gasteiger partial charge in [-0.3, -0.25) is 0 Å². The number of nitrogen functional groups attached to an aromatic ring is 1. The Balaban J connectivity index is 2.89. The summed E-state index contributed by atoms with van der Waals surface area (Å²) in [5, 5.41) is 9.30. The molecule has 0 aliphatic carbocycles. The topological polar surface area (TPSA) is 49.8 Å². The van der Waals surface area contributed by atoms with Gasteiger partial charge in [0.05, 0.1) is 11.6 Å². The number of rotatable bonds is 3. The van der Waals surface area contributed by atoms with E-state index in [1.807, 2.05) is 6.07 Å². The fourth-order valence-corrected chi connectivity index (χ4v) is 2.11. The van der Waals surface area contributed by atoms with Crippen molar-refractivity contribution in [2.24, 2.45) is 5.92 Å². The van der Waals surface area contributed by atoms with Gasteiger partial charge in [0, 0.05) is 15.8 Å². The van der Waals surface area contributed by atoms with Gasteiger partial charge in [0.2, 0.25) is 0 Å². The Morgan fingerprint density at radius 3 is 2.53 bits per heavy atom. The molecule has 1 aromatic carbocycles. The maximum atomic E-state index is 8.80. The molecular weight excluding hydrogens is 204 g/mol. The van der Waals surface area contributed by atoms with Crippen LogP contribution >= 0.6 is 11.8 Å². The van der Waals surface area contributed by atoms with Crippen LogP contribution in [0.4, 0.5) is 5.69 Å².